The van der Waals surface area contributed by atoms with E-state index in [2.05, 4.69) is 51.3 Å². The summed E-state index contributed by atoms with van der Waals surface area (Å²) in [6, 6.07) is 10.8. The smallest absolute Gasteiger partial charge is 0.293 e. The largest absolute Gasteiger partial charge is 0.385 e. The summed E-state index contributed by atoms with van der Waals surface area (Å²) in [6.45, 7) is 7.17. The number of fused-ring (bicyclic) bond motifs is 1. The Morgan fingerprint density at radius 3 is 2.90 bits per heavy atom. The average molecular weight is 413 g/mol. The number of methoxy groups -OCH3 is 1. The quantitative estimate of drug-likeness (QED) is 0.581. The number of thiocarbonyl (C=S) groups is 1. The number of nitrogens with one attached hydrogen (secondary N) is 2. The van der Waals surface area contributed by atoms with Crippen molar-refractivity contribution in [3.05, 3.63) is 35.4 Å². The number of nitriles is 1. The third-order valence-corrected chi connectivity index (χ3v) is 5.76. The molecule has 0 bridgehead atoms. The van der Waals surface area contributed by atoms with Gasteiger partial charge in [-0.2, -0.15) is 5.26 Å². The molecule has 0 saturated carbocycles. The molecule has 29 heavy (non-hydrogen) atoms. The van der Waals surface area contributed by atoms with Crippen LogP contribution >= 0.6 is 12.2 Å². The SMILES string of the molecule is CCc1ccc2[nH+]c(N3CCCN(C(=S)NCCCOC)CC3)c(C#N)cc2c1. The molecule has 1 aromatic carbocycles. The summed E-state index contributed by atoms with van der Waals surface area (Å²) in [4.78, 5) is 8.01. The van der Waals surface area contributed by atoms with Gasteiger partial charge in [-0.1, -0.05) is 13.0 Å². The summed E-state index contributed by atoms with van der Waals surface area (Å²) in [7, 11) is 1.71. The first-order valence-corrected chi connectivity index (χ1v) is 10.7. The maximum atomic E-state index is 9.74. The lowest BCUT2D eigenvalue weighted by atomic mass is 10.1. The Hall–Kier alpha value is -2.43. The molecule has 0 aliphatic carbocycles. The van der Waals surface area contributed by atoms with Crippen molar-refractivity contribution in [3.8, 4) is 6.07 Å². The molecule has 1 aromatic heterocycles. The number of ether oxygens (including phenoxy) is 1. The second kappa shape index (κ2) is 10.4. The van der Waals surface area contributed by atoms with Crippen molar-refractivity contribution in [2.45, 2.75) is 26.2 Å². The van der Waals surface area contributed by atoms with Crippen LogP contribution in [0.25, 0.3) is 10.9 Å². The molecule has 0 amide bonds. The molecule has 0 atom stereocenters. The normalized spacial score (nSPS) is 14.5. The minimum atomic E-state index is 0.694. The molecule has 0 radical (unpaired) electrons. The molecule has 7 heteroatoms. The Kier molecular flexibility index (Phi) is 7.62. The van der Waals surface area contributed by atoms with Crippen molar-refractivity contribution >= 4 is 34.1 Å². The number of aryl methyl sites for hydroxylation is 1. The average Bonchev–Trinajstić information content (AvgIpc) is 3.01. The summed E-state index contributed by atoms with van der Waals surface area (Å²) in [6.07, 6.45) is 2.92. The number of H-pyrrole nitrogens is 1. The zero-order chi connectivity index (χ0) is 20.6. The first-order chi connectivity index (χ1) is 14.2. The summed E-state index contributed by atoms with van der Waals surface area (Å²) in [5.74, 6) is 0.907. The number of hydrogen-bond donors (Lipinski definition) is 1. The van der Waals surface area contributed by atoms with E-state index in [1.807, 2.05) is 6.07 Å². The fraction of sp³-hybridized carbons (Fsp3) is 0.500. The lowest BCUT2D eigenvalue weighted by Crippen LogP contribution is -2.42. The monoisotopic (exact) mass is 412 g/mol. The number of hydrogen-bond acceptors (Lipinski definition) is 4. The summed E-state index contributed by atoms with van der Waals surface area (Å²) in [5, 5.41) is 15.0. The van der Waals surface area contributed by atoms with Gasteiger partial charge in [0.15, 0.2) is 5.11 Å². The standard InChI is InChI=1S/C22H29N5OS/c1-3-17-6-7-20-18(14-17)15-19(16-23)21(25-20)26-9-5-10-27(12-11-26)22(29)24-8-4-13-28-2/h6-7,14-15H,3-5,8-13H2,1-2H3,(H,24,29)/p+1. The highest BCUT2D eigenvalue weighted by Gasteiger charge is 2.26. The molecule has 0 spiro atoms. The van der Waals surface area contributed by atoms with Gasteiger partial charge in [-0.05, 0) is 48.8 Å². The lowest BCUT2D eigenvalue weighted by Gasteiger charge is -2.23. The number of benzene rings is 1. The van der Waals surface area contributed by atoms with Crippen LogP contribution in [0, 0.1) is 11.3 Å². The molecular weight excluding hydrogens is 382 g/mol. The summed E-state index contributed by atoms with van der Waals surface area (Å²) < 4.78 is 5.08. The van der Waals surface area contributed by atoms with Gasteiger partial charge in [0.1, 0.15) is 23.7 Å². The molecule has 0 unspecified atom stereocenters. The second-order valence-electron chi connectivity index (χ2n) is 7.32. The first-order valence-electron chi connectivity index (χ1n) is 10.3. The number of aromatic nitrogens is 1. The van der Waals surface area contributed by atoms with E-state index in [1.54, 1.807) is 7.11 Å². The molecule has 6 nitrogen and oxygen atoms in total. The van der Waals surface area contributed by atoms with Crippen LogP contribution in [0.2, 0.25) is 0 Å². The topological polar surface area (TPSA) is 65.7 Å². The Morgan fingerprint density at radius 1 is 1.28 bits per heavy atom. The Morgan fingerprint density at radius 2 is 2.14 bits per heavy atom. The predicted molar refractivity (Wildman–Crippen MR) is 120 cm³/mol. The van der Waals surface area contributed by atoms with Crippen molar-refractivity contribution in [2.75, 3.05) is 51.3 Å². The highest BCUT2D eigenvalue weighted by Crippen LogP contribution is 2.22. The van der Waals surface area contributed by atoms with Gasteiger partial charge in [0, 0.05) is 38.6 Å². The number of anilines is 1. The van der Waals surface area contributed by atoms with Crippen LogP contribution in [0.5, 0.6) is 0 Å². The Bertz CT molecular complexity index is 895. The third-order valence-electron chi connectivity index (χ3n) is 5.35. The fourth-order valence-corrected chi connectivity index (χ4v) is 3.97. The fourth-order valence-electron chi connectivity index (χ4n) is 3.69. The highest BCUT2D eigenvalue weighted by molar-refractivity contribution is 7.80. The maximum Gasteiger partial charge on any atom is 0.293 e. The molecule has 1 aliphatic rings. The van der Waals surface area contributed by atoms with Crippen LogP contribution in [-0.2, 0) is 11.2 Å². The van der Waals surface area contributed by atoms with E-state index in [-0.39, 0.29) is 0 Å². The van der Waals surface area contributed by atoms with Crippen molar-refractivity contribution < 1.29 is 9.72 Å². The number of aromatic amines is 1. The number of nitrogens with zero attached hydrogens (tertiary/aromatic N) is 3. The van der Waals surface area contributed by atoms with E-state index in [1.165, 1.54) is 5.56 Å². The molecule has 154 valence electrons. The lowest BCUT2D eigenvalue weighted by molar-refractivity contribution is -0.330. The van der Waals surface area contributed by atoms with Crippen LogP contribution < -0.4 is 15.2 Å². The molecule has 2 heterocycles. The van der Waals surface area contributed by atoms with Crippen LogP contribution in [-0.4, -0.2) is 56.5 Å². The van der Waals surface area contributed by atoms with Gasteiger partial charge in [0.05, 0.1) is 13.1 Å². The molecule has 1 fully saturated rings. The van der Waals surface area contributed by atoms with Gasteiger partial charge >= 0.3 is 0 Å². The van der Waals surface area contributed by atoms with Crippen LogP contribution in [0.1, 0.15) is 30.9 Å². The van der Waals surface area contributed by atoms with Gasteiger partial charge in [-0.25, -0.2) is 4.98 Å². The first kappa shape index (κ1) is 21.3. The molecule has 1 aliphatic heterocycles. The van der Waals surface area contributed by atoms with Gasteiger partial charge in [-0.15, -0.1) is 0 Å². The van der Waals surface area contributed by atoms with Crippen molar-refractivity contribution in [1.29, 1.82) is 5.26 Å². The second-order valence-corrected chi connectivity index (χ2v) is 7.71. The number of pyridine rings is 1. The molecular formula is C22H30N5OS+. The van der Waals surface area contributed by atoms with Gasteiger partial charge < -0.3 is 15.0 Å². The summed E-state index contributed by atoms with van der Waals surface area (Å²) in [5.41, 5.74) is 3.03. The van der Waals surface area contributed by atoms with E-state index in [0.29, 0.717) is 5.56 Å². The molecule has 3 rings (SSSR count). The van der Waals surface area contributed by atoms with Crippen molar-refractivity contribution in [3.63, 3.8) is 0 Å². The van der Waals surface area contributed by atoms with Crippen molar-refractivity contribution in [2.24, 2.45) is 0 Å². The van der Waals surface area contributed by atoms with Crippen LogP contribution in [0.4, 0.5) is 5.82 Å². The van der Waals surface area contributed by atoms with E-state index in [0.717, 1.165) is 80.4 Å². The van der Waals surface area contributed by atoms with Crippen LogP contribution in [0.15, 0.2) is 24.3 Å². The Labute approximate surface area is 178 Å². The molecule has 2 aromatic rings. The van der Waals surface area contributed by atoms with E-state index >= 15 is 0 Å². The van der Waals surface area contributed by atoms with E-state index in [9.17, 15) is 5.26 Å². The zero-order valence-electron chi connectivity index (χ0n) is 17.3. The minimum Gasteiger partial charge on any atom is -0.385 e. The van der Waals surface area contributed by atoms with E-state index < -0.39 is 0 Å². The van der Waals surface area contributed by atoms with Crippen molar-refractivity contribution in [1.82, 2.24) is 10.2 Å². The minimum absolute atomic E-state index is 0.694. The van der Waals surface area contributed by atoms with Gasteiger partial charge in [0.2, 0.25) is 0 Å². The third kappa shape index (κ3) is 5.34. The predicted octanol–water partition coefficient (Wildman–Crippen LogP) is 2.51. The van der Waals surface area contributed by atoms with Crippen LogP contribution in [0.3, 0.4) is 0 Å². The van der Waals surface area contributed by atoms with Gasteiger partial charge in [0.25, 0.3) is 5.82 Å². The van der Waals surface area contributed by atoms with Gasteiger partial charge in [-0.3, -0.25) is 4.90 Å². The maximum absolute atomic E-state index is 9.74. The Balaban J connectivity index is 1.72. The highest BCUT2D eigenvalue weighted by atomic mass is 32.1. The summed E-state index contributed by atoms with van der Waals surface area (Å²) >= 11 is 5.57. The zero-order valence-corrected chi connectivity index (χ0v) is 18.1. The number of rotatable bonds is 6. The molecule has 1 saturated heterocycles. The van der Waals surface area contributed by atoms with E-state index in [4.69, 9.17) is 17.0 Å². The molecule has 2 N–H and O–H groups in total.